The average molecular weight is 400 g/mol. The topological polar surface area (TPSA) is 115 Å². The van der Waals surface area contributed by atoms with Crippen LogP contribution < -0.4 is 9.47 Å². The number of aromatic nitrogens is 2. The van der Waals surface area contributed by atoms with Crippen LogP contribution in [0.15, 0.2) is 57.0 Å². The number of phenolic OH excluding ortho intramolecular Hbond substituents is 1. The Balaban J connectivity index is 1.89. The summed E-state index contributed by atoms with van der Waals surface area (Å²) in [7, 11) is 3.05. The van der Waals surface area contributed by atoms with Gasteiger partial charge < -0.3 is 24.1 Å². The lowest BCUT2D eigenvalue weighted by Gasteiger charge is -2.05. The van der Waals surface area contributed by atoms with Gasteiger partial charge in [-0.3, -0.25) is 0 Å². The summed E-state index contributed by atoms with van der Waals surface area (Å²) in [5, 5.41) is 27.2. The van der Waals surface area contributed by atoms with E-state index in [2.05, 4.69) is 10.2 Å². The molecule has 0 unspecified atom stereocenters. The van der Waals surface area contributed by atoms with Crippen molar-refractivity contribution < 1.29 is 28.9 Å². The zero-order valence-corrected chi connectivity index (χ0v) is 15.8. The Hall–Kier alpha value is -3.46. The summed E-state index contributed by atoms with van der Waals surface area (Å²) in [5.74, 6) is 0.0689. The minimum absolute atomic E-state index is 0.0310. The standard InChI is InChI=1S/C19H16N2O6S/c1-25-13-7-12(8-14(10-13)26-2)17-20-21-19(27-17)28-16(18(23)24)9-11-5-3-4-6-15(11)22/h3-10,22H,1-2H3,(H,23,24)/b16-9+. The van der Waals surface area contributed by atoms with Gasteiger partial charge >= 0.3 is 5.97 Å². The minimum Gasteiger partial charge on any atom is -0.507 e. The predicted molar refractivity (Wildman–Crippen MR) is 102 cm³/mol. The molecule has 2 N–H and O–H groups in total. The Morgan fingerprint density at radius 1 is 1.11 bits per heavy atom. The first kappa shape index (κ1) is 19.3. The van der Waals surface area contributed by atoms with Crippen molar-refractivity contribution in [1.82, 2.24) is 10.2 Å². The number of aromatic hydroxyl groups is 1. The van der Waals surface area contributed by atoms with Crippen molar-refractivity contribution in [3.05, 3.63) is 52.9 Å². The maximum absolute atomic E-state index is 11.6. The van der Waals surface area contributed by atoms with Crippen molar-refractivity contribution >= 4 is 23.8 Å². The molecule has 0 aliphatic heterocycles. The van der Waals surface area contributed by atoms with E-state index in [-0.39, 0.29) is 21.8 Å². The third-order valence-corrected chi connectivity index (χ3v) is 4.49. The second-order valence-corrected chi connectivity index (χ2v) is 6.44. The van der Waals surface area contributed by atoms with Crippen molar-refractivity contribution in [3.8, 4) is 28.7 Å². The predicted octanol–water partition coefficient (Wildman–Crippen LogP) is 3.68. The molecule has 0 amide bonds. The number of carbonyl (C=O) groups is 1. The highest BCUT2D eigenvalue weighted by Crippen LogP contribution is 2.33. The molecule has 3 rings (SSSR count). The maximum Gasteiger partial charge on any atom is 0.342 e. The zero-order valence-electron chi connectivity index (χ0n) is 14.9. The highest BCUT2D eigenvalue weighted by atomic mass is 32.2. The van der Waals surface area contributed by atoms with E-state index in [0.717, 1.165) is 11.8 Å². The van der Waals surface area contributed by atoms with E-state index < -0.39 is 5.97 Å². The van der Waals surface area contributed by atoms with Crippen LogP contribution in [0, 0.1) is 0 Å². The van der Waals surface area contributed by atoms with Gasteiger partial charge in [-0.05, 0) is 36.0 Å². The molecule has 9 heteroatoms. The molecule has 0 atom stereocenters. The zero-order chi connectivity index (χ0) is 20.1. The Bertz CT molecular complexity index is 1010. The SMILES string of the molecule is COc1cc(OC)cc(-c2nnc(S/C(=C/c3ccccc3O)C(=O)O)o2)c1. The van der Waals surface area contributed by atoms with E-state index >= 15 is 0 Å². The van der Waals surface area contributed by atoms with Crippen LogP contribution in [0.1, 0.15) is 5.56 Å². The maximum atomic E-state index is 11.6. The van der Waals surface area contributed by atoms with E-state index in [1.807, 2.05) is 0 Å². The summed E-state index contributed by atoms with van der Waals surface area (Å²) >= 11 is 0.783. The molecule has 0 saturated carbocycles. The first-order valence-electron chi connectivity index (χ1n) is 7.98. The van der Waals surface area contributed by atoms with E-state index in [9.17, 15) is 15.0 Å². The molecule has 1 aromatic heterocycles. The molecular weight excluding hydrogens is 384 g/mol. The van der Waals surface area contributed by atoms with Crippen molar-refractivity contribution in [2.24, 2.45) is 0 Å². The fourth-order valence-corrected chi connectivity index (χ4v) is 2.94. The second kappa shape index (κ2) is 8.49. The molecule has 0 aliphatic carbocycles. The Morgan fingerprint density at radius 2 is 1.79 bits per heavy atom. The van der Waals surface area contributed by atoms with Crippen LogP contribution in [-0.2, 0) is 4.79 Å². The molecule has 0 fully saturated rings. The average Bonchev–Trinajstić information content (AvgIpc) is 3.17. The monoisotopic (exact) mass is 400 g/mol. The van der Waals surface area contributed by atoms with Crippen molar-refractivity contribution in [2.75, 3.05) is 14.2 Å². The number of benzene rings is 2. The number of nitrogens with zero attached hydrogens (tertiary/aromatic N) is 2. The quantitative estimate of drug-likeness (QED) is 0.453. The van der Waals surface area contributed by atoms with Crippen LogP contribution in [0.5, 0.6) is 17.2 Å². The summed E-state index contributed by atoms with van der Waals surface area (Å²) in [4.78, 5) is 11.5. The Kier molecular flexibility index (Phi) is 5.85. The third-order valence-electron chi connectivity index (χ3n) is 3.64. The number of para-hydroxylation sites is 1. The van der Waals surface area contributed by atoms with Crippen LogP contribution in [0.2, 0.25) is 0 Å². The second-order valence-electron chi connectivity index (χ2n) is 5.45. The first-order valence-corrected chi connectivity index (χ1v) is 8.79. The van der Waals surface area contributed by atoms with Crippen LogP contribution >= 0.6 is 11.8 Å². The van der Waals surface area contributed by atoms with Gasteiger partial charge in [0.1, 0.15) is 22.2 Å². The molecule has 3 aromatic rings. The third kappa shape index (κ3) is 4.44. The molecule has 0 aliphatic rings. The number of hydrogen-bond acceptors (Lipinski definition) is 8. The van der Waals surface area contributed by atoms with Crippen LogP contribution in [0.3, 0.4) is 0 Å². The fraction of sp³-hybridized carbons (Fsp3) is 0.105. The van der Waals surface area contributed by atoms with Crippen molar-refractivity contribution in [1.29, 1.82) is 0 Å². The summed E-state index contributed by atoms with van der Waals surface area (Å²) in [6.45, 7) is 0. The first-order chi connectivity index (χ1) is 13.5. The Labute approximate surface area is 164 Å². The fourth-order valence-electron chi connectivity index (χ4n) is 2.28. The lowest BCUT2D eigenvalue weighted by atomic mass is 10.2. The van der Waals surface area contributed by atoms with E-state index in [1.165, 1.54) is 26.4 Å². The number of aliphatic carboxylic acids is 1. The molecule has 0 bridgehead atoms. The summed E-state index contributed by atoms with van der Waals surface area (Å²) in [6.07, 6.45) is 1.33. The molecule has 0 spiro atoms. The number of methoxy groups -OCH3 is 2. The number of hydrogen-bond donors (Lipinski definition) is 2. The van der Waals surface area contributed by atoms with Gasteiger partial charge in [-0.25, -0.2) is 4.79 Å². The van der Waals surface area contributed by atoms with Crippen LogP contribution in [-0.4, -0.2) is 40.6 Å². The highest BCUT2D eigenvalue weighted by molar-refractivity contribution is 8.03. The van der Waals surface area contributed by atoms with Gasteiger partial charge in [-0.2, -0.15) is 0 Å². The molecule has 0 saturated heterocycles. The van der Waals surface area contributed by atoms with E-state index in [1.54, 1.807) is 36.4 Å². The van der Waals surface area contributed by atoms with Gasteiger partial charge in [0, 0.05) is 17.2 Å². The molecule has 0 radical (unpaired) electrons. The van der Waals surface area contributed by atoms with Gasteiger partial charge in [0.2, 0.25) is 5.89 Å². The van der Waals surface area contributed by atoms with Crippen LogP contribution in [0.4, 0.5) is 0 Å². The molecule has 1 heterocycles. The van der Waals surface area contributed by atoms with Gasteiger partial charge in [-0.1, -0.05) is 18.2 Å². The van der Waals surface area contributed by atoms with Crippen LogP contribution in [0.25, 0.3) is 17.5 Å². The smallest absolute Gasteiger partial charge is 0.342 e. The van der Waals surface area contributed by atoms with Gasteiger partial charge in [0.15, 0.2) is 0 Å². The normalized spacial score (nSPS) is 11.3. The number of carboxylic acids is 1. The van der Waals surface area contributed by atoms with Gasteiger partial charge in [0.25, 0.3) is 5.22 Å². The summed E-state index contributed by atoms with van der Waals surface area (Å²) in [6, 6.07) is 11.5. The Morgan fingerprint density at radius 3 is 2.39 bits per heavy atom. The lowest BCUT2D eigenvalue weighted by Crippen LogP contribution is -1.96. The molecule has 144 valence electrons. The summed E-state index contributed by atoms with van der Waals surface area (Å²) < 4.78 is 16.0. The minimum atomic E-state index is -1.18. The lowest BCUT2D eigenvalue weighted by molar-refractivity contribution is -0.131. The molecule has 28 heavy (non-hydrogen) atoms. The summed E-state index contributed by atoms with van der Waals surface area (Å²) in [5.41, 5.74) is 0.932. The number of carboxylic acid groups (broad SMARTS) is 1. The molecule has 8 nitrogen and oxygen atoms in total. The van der Waals surface area contributed by atoms with Gasteiger partial charge in [0.05, 0.1) is 14.2 Å². The number of phenols is 1. The van der Waals surface area contributed by atoms with E-state index in [4.69, 9.17) is 13.9 Å². The molecular formula is C19H16N2O6S. The largest absolute Gasteiger partial charge is 0.507 e. The number of rotatable bonds is 7. The van der Waals surface area contributed by atoms with E-state index in [0.29, 0.717) is 22.6 Å². The number of ether oxygens (including phenoxy) is 2. The van der Waals surface area contributed by atoms with Gasteiger partial charge in [-0.15, -0.1) is 10.2 Å². The highest BCUT2D eigenvalue weighted by Gasteiger charge is 2.17. The molecule has 2 aromatic carbocycles. The van der Waals surface area contributed by atoms with Crippen molar-refractivity contribution in [3.63, 3.8) is 0 Å². The van der Waals surface area contributed by atoms with Crippen molar-refractivity contribution in [2.45, 2.75) is 5.22 Å². The number of thioether (sulfide) groups is 1.